The highest BCUT2D eigenvalue weighted by atomic mass is 32.2. The lowest BCUT2D eigenvalue weighted by molar-refractivity contribution is 0.394. The number of H-pyrrole nitrogens is 1. The summed E-state index contributed by atoms with van der Waals surface area (Å²) in [6.07, 6.45) is 5.13. The summed E-state index contributed by atoms with van der Waals surface area (Å²) in [5.41, 5.74) is 2.41. The Balaban J connectivity index is 1.54. The minimum Gasteiger partial charge on any atom is -0.497 e. The van der Waals surface area contributed by atoms with Gasteiger partial charge in [-0.05, 0) is 18.2 Å². The number of nitrogens with one attached hydrogen (secondary N) is 1. The van der Waals surface area contributed by atoms with Gasteiger partial charge in [-0.15, -0.1) is 0 Å². The highest BCUT2D eigenvalue weighted by Crippen LogP contribution is 2.35. The topological polar surface area (TPSA) is 88.5 Å². The first-order chi connectivity index (χ1) is 15.3. The molecule has 8 nitrogen and oxygen atoms in total. The molecule has 3 heterocycles. The van der Waals surface area contributed by atoms with E-state index in [-0.39, 0.29) is 6.17 Å². The molecule has 0 aliphatic carbocycles. The number of ether oxygens (including phenoxy) is 2. The van der Waals surface area contributed by atoms with Crippen LogP contribution in [0.1, 0.15) is 0 Å². The first-order valence-corrected chi connectivity index (χ1v) is 10.7. The molecule has 0 saturated carbocycles. The lowest BCUT2D eigenvalue weighted by Crippen LogP contribution is -2.43. The second-order valence-corrected chi connectivity index (χ2v) is 7.84. The molecule has 1 unspecified atom stereocenters. The van der Waals surface area contributed by atoms with Gasteiger partial charge in [0.05, 0.1) is 31.6 Å². The molecule has 5 rings (SSSR count). The van der Waals surface area contributed by atoms with Crippen molar-refractivity contribution >= 4 is 34.8 Å². The molecule has 0 amide bonds. The van der Waals surface area contributed by atoms with Crippen LogP contribution in [0, 0.1) is 0 Å². The van der Waals surface area contributed by atoms with E-state index >= 15 is 0 Å². The number of hydrogen-bond donors (Lipinski definition) is 1. The van der Waals surface area contributed by atoms with Gasteiger partial charge in [0.15, 0.2) is 5.65 Å². The quantitative estimate of drug-likeness (QED) is 0.370. The molecule has 1 atom stereocenters. The van der Waals surface area contributed by atoms with Gasteiger partial charge in [0.25, 0.3) is 0 Å². The van der Waals surface area contributed by atoms with E-state index in [0.717, 1.165) is 38.3 Å². The van der Waals surface area contributed by atoms with Crippen LogP contribution in [0.25, 0.3) is 17.4 Å². The van der Waals surface area contributed by atoms with Crippen molar-refractivity contribution in [1.29, 1.82) is 0 Å². The van der Waals surface area contributed by atoms with E-state index in [2.05, 4.69) is 37.1 Å². The predicted octanol–water partition coefficient (Wildman–Crippen LogP) is 2.37. The fraction of sp³-hybridized carbons (Fsp3) is 0.182. The average Bonchev–Trinajstić information content (AvgIpc) is 3.31. The maximum Gasteiger partial charge on any atom is 0.181 e. The number of hydrogen-bond acceptors (Lipinski definition) is 8. The van der Waals surface area contributed by atoms with Gasteiger partial charge in [0.2, 0.25) is 0 Å². The number of fused-ring (bicyclic) bond motifs is 2. The summed E-state index contributed by atoms with van der Waals surface area (Å²) in [6.45, 7) is 0. The van der Waals surface area contributed by atoms with E-state index in [1.54, 1.807) is 32.3 Å². The third-order valence-electron chi connectivity index (χ3n) is 5.05. The van der Waals surface area contributed by atoms with Crippen LogP contribution >= 0.6 is 11.8 Å². The lowest BCUT2D eigenvalue weighted by Gasteiger charge is -2.31. The van der Waals surface area contributed by atoms with Gasteiger partial charge in [0, 0.05) is 23.2 Å². The Kier molecular flexibility index (Phi) is 5.17. The van der Waals surface area contributed by atoms with Gasteiger partial charge >= 0.3 is 0 Å². The van der Waals surface area contributed by atoms with E-state index in [1.165, 1.54) is 6.33 Å². The minimum absolute atomic E-state index is 0.157. The molecule has 156 valence electrons. The molecule has 0 fully saturated rings. The summed E-state index contributed by atoms with van der Waals surface area (Å²) in [7, 11) is 3.30. The molecule has 0 radical (unpaired) electrons. The van der Waals surface area contributed by atoms with Gasteiger partial charge < -0.3 is 19.4 Å². The second-order valence-electron chi connectivity index (χ2n) is 6.83. The second kappa shape index (κ2) is 8.27. The molecule has 1 N–H and O–H groups in total. The highest BCUT2D eigenvalue weighted by Gasteiger charge is 2.23. The molecule has 0 spiro atoms. The molecule has 0 bridgehead atoms. The van der Waals surface area contributed by atoms with Gasteiger partial charge in [-0.1, -0.05) is 30.0 Å². The van der Waals surface area contributed by atoms with Crippen LogP contribution in [0.5, 0.6) is 11.5 Å². The maximum absolute atomic E-state index is 5.66. The maximum atomic E-state index is 5.66. The van der Waals surface area contributed by atoms with Crippen molar-refractivity contribution in [3.63, 3.8) is 0 Å². The number of imidazole rings is 1. The summed E-state index contributed by atoms with van der Waals surface area (Å²) >= 11 is 1.61. The lowest BCUT2D eigenvalue weighted by atomic mass is 10.2. The predicted molar refractivity (Wildman–Crippen MR) is 120 cm³/mol. The van der Waals surface area contributed by atoms with Crippen molar-refractivity contribution in [3.8, 4) is 11.5 Å². The number of benzene rings is 2. The number of methoxy groups -OCH3 is 2. The Hall–Kier alpha value is -3.59. The summed E-state index contributed by atoms with van der Waals surface area (Å²) in [5.74, 6) is 2.13. The fourth-order valence-electron chi connectivity index (χ4n) is 3.52. The third-order valence-corrected chi connectivity index (χ3v) is 6.09. The van der Waals surface area contributed by atoms with E-state index < -0.39 is 0 Å². The van der Waals surface area contributed by atoms with Crippen LogP contribution in [-0.2, 0) is 0 Å². The SMILES string of the molecule is COc1ccc(N2C=c3ccccc3=NC2CSc2ncnc3nc[nH]c23)c(OC)c1. The molecule has 1 aliphatic rings. The first kappa shape index (κ1) is 19.4. The van der Waals surface area contributed by atoms with Crippen molar-refractivity contribution in [2.75, 3.05) is 24.9 Å². The van der Waals surface area contributed by atoms with Crippen molar-refractivity contribution < 1.29 is 9.47 Å². The Morgan fingerprint density at radius 2 is 1.97 bits per heavy atom. The normalized spacial score (nSPS) is 15.2. The third kappa shape index (κ3) is 3.68. The van der Waals surface area contributed by atoms with Crippen LogP contribution in [-0.4, -0.2) is 46.1 Å². The van der Waals surface area contributed by atoms with Crippen LogP contribution in [0.4, 0.5) is 5.69 Å². The zero-order chi connectivity index (χ0) is 21.2. The van der Waals surface area contributed by atoms with Gasteiger partial charge in [-0.25, -0.2) is 15.0 Å². The van der Waals surface area contributed by atoms with E-state index in [9.17, 15) is 0 Å². The fourth-order valence-corrected chi connectivity index (χ4v) is 4.48. The van der Waals surface area contributed by atoms with Crippen molar-refractivity contribution in [2.24, 2.45) is 4.99 Å². The van der Waals surface area contributed by atoms with Crippen molar-refractivity contribution in [1.82, 2.24) is 19.9 Å². The summed E-state index contributed by atoms with van der Waals surface area (Å²) < 4.78 is 11.0. The smallest absolute Gasteiger partial charge is 0.181 e. The zero-order valence-corrected chi connectivity index (χ0v) is 17.8. The van der Waals surface area contributed by atoms with Crippen LogP contribution in [0.15, 0.2) is 65.1 Å². The molecular formula is C22H20N6O2S. The van der Waals surface area contributed by atoms with Gasteiger partial charge in [0.1, 0.15) is 34.5 Å². The molecule has 2 aromatic heterocycles. The summed E-state index contributed by atoms with van der Waals surface area (Å²) in [4.78, 5) is 23.1. The molecule has 1 aliphatic heterocycles. The Labute approximate surface area is 182 Å². The number of nitrogens with zero attached hydrogens (tertiary/aromatic N) is 5. The first-order valence-electron chi connectivity index (χ1n) is 9.69. The number of para-hydroxylation sites is 1. The number of aromatic nitrogens is 4. The minimum atomic E-state index is -0.157. The standard InChI is InChI=1S/C22H20N6O2S/c1-29-15-7-8-17(18(9-15)30-2)28-10-14-5-3-4-6-16(14)27-19(28)11-31-22-20-21(24-12-23-20)25-13-26-22/h3-10,12-13,19H,11H2,1-2H3,(H,23,24,25,26). The van der Waals surface area contributed by atoms with E-state index in [4.69, 9.17) is 14.5 Å². The Morgan fingerprint density at radius 1 is 1.06 bits per heavy atom. The Morgan fingerprint density at radius 3 is 2.84 bits per heavy atom. The van der Waals surface area contributed by atoms with E-state index in [1.807, 2.05) is 36.4 Å². The Bertz CT molecular complexity index is 1360. The molecule has 9 heteroatoms. The number of thioether (sulfide) groups is 1. The summed E-state index contributed by atoms with van der Waals surface area (Å²) in [6, 6.07) is 13.9. The van der Waals surface area contributed by atoms with Gasteiger partial charge in [-0.3, -0.25) is 4.99 Å². The average molecular weight is 433 g/mol. The van der Waals surface area contributed by atoms with E-state index in [0.29, 0.717) is 11.4 Å². The van der Waals surface area contributed by atoms with Crippen LogP contribution in [0.2, 0.25) is 0 Å². The number of aromatic amines is 1. The largest absolute Gasteiger partial charge is 0.497 e. The zero-order valence-electron chi connectivity index (χ0n) is 17.0. The molecule has 0 saturated heterocycles. The van der Waals surface area contributed by atoms with Crippen molar-refractivity contribution in [2.45, 2.75) is 11.2 Å². The molecule has 4 aromatic rings. The molecular weight excluding hydrogens is 412 g/mol. The molecule has 2 aromatic carbocycles. The highest BCUT2D eigenvalue weighted by molar-refractivity contribution is 7.99. The van der Waals surface area contributed by atoms with Crippen LogP contribution in [0.3, 0.4) is 0 Å². The van der Waals surface area contributed by atoms with Crippen LogP contribution < -0.4 is 24.9 Å². The number of anilines is 1. The monoisotopic (exact) mass is 432 g/mol. The number of rotatable bonds is 6. The van der Waals surface area contributed by atoms with Gasteiger partial charge in [-0.2, -0.15) is 0 Å². The van der Waals surface area contributed by atoms with Crippen molar-refractivity contribution in [3.05, 3.63) is 65.7 Å². The molecule has 31 heavy (non-hydrogen) atoms. The summed E-state index contributed by atoms with van der Waals surface area (Å²) in [5, 5.41) is 2.86.